The summed E-state index contributed by atoms with van der Waals surface area (Å²) in [4.78, 5) is 11.8. The molecule has 0 saturated carbocycles. The van der Waals surface area contributed by atoms with Gasteiger partial charge in [-0.15, -0.1) is 0 Å². The molecule has 3 nitrogen and oxygen atoms in total. The first kappa shape index (κ1) is 15.2. The van der Waals surface area contributed by atoms with Crippen LogP contribution in [0.4, 0.5) is 18.9 Å². The van der Waals surface area contributed by atoms with Crippen molar-refractivity contribution in [3.05, 3.63) is 53.5 Å². The Morgan fingerprint density at radius 2 is 1.90 bits per heavy atom. The summed E-state index contributed by atoms with van der Waals surface area (Å²) in [7, 11) is 0. The molecule has 1 aromatic heterocycles. The minimum atomic E-state index is -4.50. The van der Waals surface area contributed by atoms with Gasteiger partial charge in [0.15, 0.2) is 0 Å². The monoisotopic (exact) mass is 297 g/mol. The predicted octanol–water partition coefficient (Wildman–Crippen LogP) is 4.18. The summed E-state index contributed by atoms with van der Waals surface area (Å²) in [6.07, 6.45) is -4.10. The van der Waals surface area contributed by atoms with Crippen molar-refractivity contribution in [3.63, 3.8) is 0 Å². The predicted molar refractivity (Wildman–Crippen MR) is 71.8 cm³/mol. The van der Waals surface area contributed by atoms with Crippen LogP contribution in [0.15, 0.2) is 40.8 Å². The summed E-state index contributed by atoms with van der Waals surface area (Å²) in [6, 6.07) is 8.41. The van der Waals surface area contributed by atoms with Gasteiger partial charge in [0.1, 0.15) is 11.5 Å². The highest BCUT2D eigenvalue weighted by Gasteiger charge is 2.33. The molecule has 6 heteroatoms. The minimum Gasteiger partial charge on any atom is -0.466 e. The van der Waals surface area contributed by atoms with Gasteiger partial charge in [-0.05, 0) is 31.2 Å². The van der Waals surface area contributed by atoms with E-state index in [1.165, 1.54) is 18.2 Å². The lowest BCUT2D eigenvalue weighted by molar-refractivity contribution is -0.137. The fourth-order valence-electron chi connectivity index (χ4n) is 1.91. The van der Waals surface area contributed by atoms with Crippen LogP contribution in [0.5, 0.6) is 0 Å². The maximum Gasteiger partial charge on any atom is 0.418 e. The van der Waals surface area contributed by atoms with Gasteiger partial charge in [-0.2, -0.15) is 13.2 Å². The summed E-state index contributed by atoms with van der Waals surface area (Å²) < 4.78 is 43.7. The van der Waals surface area contributed by atoms with Crippen LogP contribution in [0.2, 0.25) is 0 Å². The molecule has 2 aromatic rings. The first-order chi connectivity index (χ1) is 9.86. The number of aryl methyl sites for hydroxylation is 2. The van der Waals surface area contributed by atoms with E-state index in [1.807, 2.05) is 0 Å². The van der Waals surface area contributed by atoms with E-state index in [0.29, 0.717) is 12.2 Å². The van der Waals surface area contributed by atoms with Crippen molar-refractivity contribution >= 4 is 11.6 Å². The van der Waals surface area contributed by atoms with Crippen LogP contribution in [0.3, 0.4) is 0 Å². The van der Waals surface area contributed by atoms with E-state index < -0.39 is 17.6 Å². The van der Waals surface area contributed by atoms with Crippen LogP contribution in [0.1, 0.15) is 23.5 Å². The third-order valence-corrected chi connectivity index (χ3v) is 2.90. The van der Waals surface area contributed by atoms with Gasteiger partial charge < -0.3 is 9.73 Å². The molecule has 0 spiro atoms. The van der Waals surface area contributed by atoms with Crippen molar-refractivity contribution in [3.8, 4) is 0 Å². The van der Waals surface area contributed by atoms with Gasteiger partial charge in [-0.3, -0.25) is 4.79 Å². The van der Waals surface area contributed by atoms with Gasteiger partial charge in [0.2, 0.25) is 5.91 Å². The fourth-order valence-corrected chi connectivity index (χ4v) is 1.91. The molecule has 21 heavy (non-hydrogen) atoms. The van der Waals surface area contributed by atoms with E-state index in [4.69, 9.17) is 4.42 Å². The summed E-state index contributed by atoms with van der Waals surface area (Å²) in [5.41, 5.74) is -1.09. The Morgan fingerprint density at radius 3 is 2.52 bits per heavy atom. The highest BCUT2D eigenvalue weighted by Crippen LogP contribution is 2.34. The fraction of sp³-hybridized carbons (Fsp3) is 0.267. The Kier molecular flexibility index (Phi) is 4.35. The molecule has 0 aliphatic carbocycles. The van der Waals surface area contributed by atoms with E-state index in [2.05, 4.69) is 5.32 Å². The van der Waals surface area contributed by atoms with Crippen LogP contribution in [-0.4, -0.2) is 5.91 Å². The van der Waals surface area contributed by atoms with Crippen LogP contribution in [0.25, 0.3) is 0 Å². The van der Waals surface area contributed by atoms with Gasteiger partial charge >= 0.3 is 6.18 Å². The van der Waals surface area contributed by atoms with Gasteiger partial charge in [-0.25, -0.2) is 0 Å². The van der Waals surface area contributed by atoms with Gasteiger partial charge in [0.05, 0.1) is 11.3 Å². The lowest BCUT2D eigenvalue weighted by Crippen LogP contribution is -2.16. The SMILES string of the molecule is Cc1ccc(CCC(=O)Nc2ccccc2C(F)(F)F)o1. The zero-order valence-electron chi connectivity index (χ0n) is 11.3. The molecule has 1 aromatic carbocycles. The molecule has 2 rings (SSSR count). The van der Waals surface area contributed by atoms with Gasteiger partial charge in [-0.1, -0.05) is 12.1 Å². The summed E-state index contributed by atoms with van der Waals surface area (Å²) in [6.45, 7) is 1.78. The van der Waals surface area contributed by atoms with E-state index in [0.717, 1.165) is 11.8 Å². The highest BCUT2D eigenvalue weighted by atomic mass is 19.4. The molecular formula is C15H14F3NO2. The molecule has 0 bridgehead atoms. The first-order valence-corrected chi connectivity index (χ1v) is 6.37. The molecule has 1 N–H and O–H groups in total. The standard InChI is InChI=1S/C15H14F3NO2/c1-10-6-7-11(21-10)8-9-14(20)19-13-5-3-2-4-12(13)15(16,17)18/h2-7H,8-9H2,1H3,(H,19,20). The molecule has 1 amide bonds. The first-order valence-electron chi connectivity index (χ1n) is 6.37. The summed E-state index contributed by atoms with van der Waals surface area (Å²) >= 11 is 0. The van der Waals surface area contributed by atoms with Crippen molar-refractivity contribution < 1.29 is 22.4 Å². The molecule has 0 saturated heterocycles. The normalized spacial score (nSPS) is 11.4. The number of rotatable bonds is 4. The summed E-state index contributed by atoms with van der Waals surface area (Å²) in [5.74, 6) is 0.875. The van der Waals surface area contributed by atoms with Crippen LogP contribution >= 0.6 is 0 Å². The van der Waals surface area contributed by atoms with E-state index >= 15 is 0 Å². The van der Waals surface area contributed by atoms with Crippen LogP contribution < -0.4 is 5.32 Å². The molecule has 0 aliphatic rings. The average Bonchev–Trinajstić information content (AvgIpc) is 2.82. The molecule has 1 heterocycles. The number of hydrogen-bond donors (Lipinski definition) is 1. The third kappa shape index (κ3) is 4.11. The minimum absolute atomic E-state index is 0.0547. The quantitative estimate of drug-likeness (QED) is 0.920. The Hall–Kier alpha value is -2.24. The molecule has 0 unspecified atom stereocenters. The number of nitrogens with one attached hydrogen (secondary N) is 1. The lowest BCUT2D eigenvalue weighted by atomic mass is 10.1. The largest absolute Gasteiger partial charge is 0.466 e. The molecular weight excluding hydrogens is 283 g/mol. The maximum atomic E-state index is 12.8. The van der Waals surface area contributed by atoms with E-state index in [1.54, 1.807) is 19.1 Å². The maximum absolute atomic E-state index is 12.8. The Morgan fingerprint density at radius 1 is 1.19 bits per heavy atom. The van der Waals surface area contributed by atoms with Crippen molar-refractivity contribution in [1.29, 1.82) is 0 Å². The number of benzene rings is 1. The van der Waals surface area contributed by atoms with Crippen molar-refractivity contribution in [2.75, 3.05) is 5.32 Å². The second kappa shape index (κ2) is 6.03. The molecule has 0 aliphatic heterocycles. The molecule has 112 valence electrons. The Balaban J connectivity index is 2.00. The number of carbonyl (C=O) groups excluding carboxylic acids is 1. The number of anilines is 1. The molecule has 0 radical (unpaired) electrons. The second-order valence-corrected chi connectivity index (χ2v) is 4.60. The smallest absolute Gasteiger partial charge is 0.418 e. The Labute approximate surface area is 119 Å². The lowest BCUT2D eigenvalue weighted by Gasteiger charge is -2.13. The van der Waals surface area contributed by atoms with E-state index in [9.17, 15) is 18.0 Å². The number of amides is 1. The number of carbonyl (C=O) groups is 1. The van der Waals surface area contributed by atoms with Crippen molar-refractivity contribution in [1.82, 2.24) is 0 Å². The number of hydrogen-bond acceptors (Lipinski definition) is 2. The zero-order valence-corrected chi connectivity index (χ0v) is 11.3. The number of furan rings is 1. The number of para-hydroxylation sites is 1. The number of halogens is 3. The average molecular weight is 297 g/mol. The zero-order chi connectivity index (χ0) is 15.5. The second-order valence-electron chi connectivity index (χ2n) is 4.60. The Bertz CT molecular complexity index is 632. The third-order valence-electron chi connectivity index (χ3n) is 2.90. The van der Waals surface area contributed by atoms with Crippen molar-refractivity contribution in [2.45, 2.75) is 25.9 Å². The van der Waals surface area contributed by atoms with Gasteiger partial charge in [0, 0.05) is 12.8 Å². The highest BCUT2D eigenvalue weighted by molar-refractivity contribution is 5.91. The topological polar surface area (TPSA) is 42.2 Å². The molecule has 0 atom stereocenters. The van der Waals surface area contributed by atoms with Crippen LogP contribution in [-0.2, 0) is 17.4 Å². The molecule has 0 fully saturated rings. The summed E-state index contributed by atoms with van der Waals surface area (Å²) in [5, 5.41) is 2.29. The van der Waals surface area contributed by atoms with Gasteiger partial charge in [0.25, 0.3) is 0 Å². The van der Waals surface area contributed by atoms with E-state index in [-0.39, 0.29) is 12.1 Å². The number of alkyl halides is 3. The van der Waals surface area contributed by atoms with Crippen molar-refractivity contribution in [2.24, 2.45) is 0 Å². The van der Waals surface area contributed by atoms with Crippen LogP contribution in [0, 0.1) is 6.92 Å².